The molecule has 1 amide bonds. The van der Waals surface area contributed by atoms with Gasteiger partial charge in [0, 0.05) is 23.4 Å². The molecule has 0 spiro atoms. The Balaban J connectivity index is 2.17. The predicted octanol–water partition coefficient (Wildman–Crippen LogP) is 1.58. The molecule has 104 valence electrons. The molecule has 0 atom stereocenters. The van der Waals surface area contributed by atoms with E-state index < -0.39 is 0 Å². The van der Waals surface area contributed by atoms with E-state index in [0.29, 0.717) is 17.7 Å². The summed E-state index contributed by atoms with van der Waals surface area (Å²) >= 11 is 1.56. The van der Waals surface area contributed by atoms with Crippen molar-refractivity contribution in [1.82, 2.24) is 10.4 Å². The molecule has 0 bridgehead atoms. The number of rotatable bonds is 4. The lowest BCUT2D eigenvalue weighted by atomic mass is 10.1. The second kappa shape index (κ2) is 6.40. The van der Waals surface area contributed by atoms with Gasteiger partial charge in [-0.3, -0.25) is 10.2 Å². The van der Waals surface area contributed by atoms with E-state index in [4.69, 9.17) is 11.6 Å². The third-order valence-electron chi connectivity index (χ3n) is 2.82. The van der Waals surface area contributed by atoms with Gasteiger partial charge in [-0.1, -0.05) is 12.1 Å². The molecule has 0 saturated heterocycles. The first-order valence-corrected chi connectivity index (χ1v) is 7.25. The van der Waals surface area contributed by atoms with Crippen molar-refractivity contribution >= 4 is 23.4 Å². The summed E-state index contributed by atoms with van der Waals surface area (Å²) in [5.41, 5.74) is 11.2. The summed E-state index contributed by atoms with van der Waals surface area (Å²) < 4.78 is 0. The molecule has 5 nitrogen and oxygen atoms in total. The summed E-state index contributed by atoms with van der Waals surface area (Å²) in [5, 5.41) is 0.902. The number of carbonyl (C=O) groups is 1. The number of hydrogen-bond acceptors (Lipinski definition) is 5. The Morgan fingerprint density at radius 3 is 2.60 bits per heavy atom. The van der Waals surface area contributed by atoms with Crippen LogP contribution in [0.1, 0.15) is 21.6 Å². The number of pyridine rings is 1. The molecule has 0 fully saturated rings. The minimum absolute atomic E-state index is 0.303. The van der Waals surface area contributed by atoms with Crippen LogP contribution in [0.3, 0.4) is 0 Å². The number of benzene rings is 1. The number of nitrogens with zero attached hydrogens (tertiary/aromatic N) is 1. The maximum absolute atomic E-state index is 11.3. The monoisotopic (exact) mass is 288 g/mol. The van der Waals surface area contributed by atoms with Crippen molar-refractivity contribution in [3.05, 3.63) is 53.2 Å². The zero-order chi connectivity index (χ0) is 14.5. The molecule has 0 aliphatic heterocycles. The van der Waals surface area contributed by atoms with Gasteiger partial charge in [-0.15, -0.1) is 11.8 Å². The van der Waals surface area contributed by atoms with Gasteiger partial charge in [0.2, 0.25) is 0 Å². The van der Waals surface area contributed by atoms with Crippen LogP contribution in [0.4, 0.5) is 5.69 Å². The normalized spacial score (nSPS) is 10.3. The van der Waals surface area contributed by atoms with E-state index >= 15 is 0 Å². The number of thioether (sulfide) groups is 1. The Bertz CT molecular complexity index is 613. The largest absolute Gasteiger partial charge is 0.399 e. The van der Waals surface area contributed by atoms with Gasteiger partial charge >= 0.3 is 0 Å². The predicted molar refractivity (Wildman–Crippen MR) is 81.3 cm³/mol. The Hall–Kier alpha value is -2.05. The van der Waals surface area contributed by atoms with Crippen LogP contribution in [0.2, 0.25) is 0 Å². The zero-order valence-corrected chi connectivity index (χ0v) is 11.9. The quantitative estimate of drug-likeness (QED) is 0.344. The fraction of sp³-hybridized carbons (Fsp3) is 0.143. The third-order valence-corrected chi connectivity index (χ3v) is 3.45. The second-order valence-corrected chi connectivity index (χ2v) is 5.11. The lowest BCUT2D eigenvalue weighted by Gasteiger charge is -2.06. The molecule has 0 saturated carbocycles. The van der Waals surface area contributed by atoms with Gasteiger partial charge in [-0.05, 0) is 36.1 Å². The van der Waals surface area contributed by atoms with Gasteiger partial charge in [0.05, 0.1) is 5.03 Å². The van der Waals surface area contributed by atoms with Crippen LogP contribution < -0.4 is 17.0 Å². The Kier molecular flexibility index (Phi) is 4.60. The first-order chi connectivity index (χ1) is 9.62. The fourth-order valence-electron chi connectivity index (χ4n) is 1.84. The first kappa shape index (κ1) is 14.4. The van der Waals surface area contributed by atoms with E-state index in [1.807, 2.05) is 30.5 Å². The molecule has 1 aromatic carbocycles. The molecule has 20 heavy (non-hydrogen) atoms. The maximum Gasteiger partial charge on any atom is 0.265 e. The number of hydrogen-bond donors (Lipinski definition) is 3. The van der Waals surface area contributed by atoms with Crippen molar-refractivity contribution in [2.24, 2.45) is 5.84 Å². The van der Waals surface area contributed by atoms with E-state index in [0.717, 1.165) is 16.3 Å². The van der Waals surface area contributed by atoms with Crippen molar-refractivity contribution in [2.75, 3.05) is 12.0 Å². The number of amides is 1. The van der Waals surface area contributed by atoms with Crippen LogP contribution in [-0.2, 0) is 6.42 Å². The SMILES string of the molecule is CSc1cc(N)cc(Cc2ccc(C(=O)NN)cc2)n1. The van der Waals surface area contributed by atoms with Crippen LogP contribution in [0.15, 0.2) is 41.4 Å². The molecule has 0 unspecified atom stereocenters. The number of nitrogens with one attached hydrogen (secondary N) is 1. The van der Waals surface area contributed by atoms with Crippen LogP contribution >= 0.6 is 11.8 Å². The minimum Gasteiger partial charge on any atom is -0.399 e. The van der Waals surface area contributed by atoms with Crippen molar-refractivity contribution in [3.8, 4) is 0 Å². The Morgan fingerprint density at radius 2 is 2.00 bits per heavy atom. The van der Waals surface area contributed by atoms with E-state index in [1.165, 1.54) is 0 Å². The summed E-state index contributed by atoms with van der Waals surface area (Å²) in [4.78, 5) is 15.8. The van der Waals surface area contributed by atoms with Gasteiger partial charge in [0.15, 0.2) is 0 Å². The third kappa shape index (κ3) is 3.49. The van der Waals surface area contributed by atoms with Crippen molar-refractivity contribution in [3.63, 3.8) is 0 Å². The van der Waals surface area contributed by atoms with Gasteiger partial charge in [0.25, 0.3) is 5.91 Å². The molecule has 0 radical (unpaired) electrons. The molecular formula is C14H16N4OS. The van der Waals surface area contributed by atoms with Crippen molar-refractivity contribution < 1.29 is 4.79 Å². The van der Waals surface area contributed by atoms with Crippen molar-refractivity contribution in [1.29, 1.82) is 0 Å². The van der Waals surface area contributed by atoms with Gasteiger partial charge in [-0.25, -0.2) is 10.8 Å². The number of anilines is 1. The number of nitrogen functional groups attached to an aromatic ring is 2. The smallest absolute Gasteiger partial charge is 0.265 e. The molecule has 6 heteroatoms. The van der Waals surface area contributed by atoms with Gasteiger partial charge < -0.3 is 5.73 Å². The number of nitrogens with two attached hydrogens (primary N) is 2. The molecule has 1 aromatic heterocycles. The average molecular weight is 288 g/mol. The highest BCUT2D eigenvalue weighted by atomic mass is 32.2. The molecule has 0 aliphatic rings. The van der Waals surface area contributed by atoms with Crippen molar-refractivity contribution in [2.45, 2.75) is 11.4 Å². The summed E-state index contributed by atoms with van der Waals surface area (Å²) in [5.74, 6) is 4.79. The Morgan fingerprint density at radius 1 is 1.30 bits per heavy atom. The topological polar surface area (TPSA) is 94.0 Å². The number of hydrazine groups is 1. The van der Waals surface area contributed by atoms with E-state index in [-0.39, 0.29) is 5.91 Å². The highest BCUT2D eigenvalue weighted by molar-refractivity contribution is 7.98. The lowest BCUT2D eigenvalue weighted by Crippen LogP contribution is -2.29. The molecule has 0 aliphatic carbocycles. The van der Waals surface area contributed by atoms with Gasteiger partial charge in [0.1, 0.15) is 0 Å². The van der Waals surface area contributed by atoms with Crippen LogP contribution in [0.5, 0.6) is 0 Å². The summed E-state index contributed by atoms with van der Waals surface area (Å²) in [7, 11) is 0. The maximum atomic E-state index is 11.3. The van der Waals surface area contributed by atoms with E-state index in [1.54, 1.807) is 23.9 Å². The lowest BCUT2D eigenvalue weighted by molar-refractivity contribution is 0.0953. The zero-order valence-electron chi connectivity index (χ0n) is 11.1. The standard InChI is InChI=1S/C14H16N4OS/c1-20-13-8-11(15)7-12(17-13)6-9-2-4-10(5-3-9)14(19)18-16/h2-5,7-8H,6,16H2,1H3,(H2,15,17)(H,18,19). The summed E-state index contributed by atoms with van der Waals surface area (Å²) in [6.45, 7) is 0. The highest BCUT2D eigenvalue weighted by Gasteiger charge is 2.05. The molecule has 5 N–H and O–H groups in total. The summed E-state index contributed by atoms with van der Waals surface area (Å²) in [6, 6.07) is 10.9. The summed E-state index contributed by atoms with van der Waals surface area (Å²) in [6.07, 6.45) is 2.63. The van der Waals surface area contributed by atoms with Crippen LogP contribution in [0, 0.1) is 0 Å². The highest BCUT2D eigenvalue weighted by Crippen LogP contribution is 2.18. The molecule has 2 rings (SSSR count). The fourth-order valence-corrected chi connectivity index (χ4v) is 2.31. The Labute approximate surface area is 121 Å². The number of carbonyl (C=O) groups excluding carboxylic acids is 1. The molecule has 2 aromatic rings. The first-order valence-electron chi connectivity index (χ1n) is 6.02. The van der Waals surface area contributed by atoms with Crippen LogP contribution in [-0.4, -0.2) is 17.1 Å². The molecule has 1 heterocycles. The van der Waals surface area contributed by atoms with E-state index in [9.17, 15) is 4.79 Å². The minimum atomic E-state index is -0.303. The molecular weight excluding hydrogens is 272 g/mol. The average Bonchev–Trinajstić information content (AvgIpc) is 2.46. The van der Waals surface area contributed by atoms with Crippen LogP contribution in [0.25, 0.3) is 0 Å². The van der Waals surface area contributed by atoms with Gasteiger partial charge in [-0.2, -0.15) is 0 Å². The van der Waals surface area contributed by atoms with E-state index in [2.05, 4.69) is 10.4 Å². The number of aromatic nitrogens is 1. The second-order valence-electron chi connectivity index (χ2n) is 4.28.